The Bertz CT molecular complexity index is 348. The van der Waals surface area contributed by atoms with E-state index >= 15 is 0 Å². The average Bonchev–Trinajstić information content (AvgIpc) is 2.60. The third-order valence-electron chi connectivity index (χ3n) is 2.64. The number of amides is 1. The third kappa shape index (κ3) is 2.40. The highest BCUT2D eigenvalue weighted by atomic mass is 79.9. The number of nitrogens with one attached hydrogen (secondary N) is 2. The van der Waals surface area contributed by atoms with Gasteiger partial charge in [-0.1, -0.05) is 13.3 Å². The zero-order valence-corrected chi connectivity index (χ0v) is 10.4. The van der Waals surface area contributed by atoms with Crippen LogP contribution in [-0.2, 0) is 12.8 Å². The maximum atomic E-state index is 11.4. The number of carbonyl (C=O) groups is 1. The van der Waals surface area contributed by atoms with E-state index in [1.807, 2.05) is 0 Å². The number of carbonyl (C=O) groups excluding carboxylic acids is 1. The standard InChI is InChI=1S/C10H15N3O.BrH/c1-2-3-4-8-9-5-6-11-10(14)13(9)7-12-8;/h7H,2-6H2,1H3,(H,11,14);1H. The van der Waals surface area contributed by atoms with Crippen molar-refractivity contribution in [3.63, 3.8) is 0 Å². The van der Waals surface area contributed by atoms with E-state index < -0.39 is 0 Å². The molecule has 0 saturated carbocycles. The molecule has 0 spiro atoms. The first kappa shape index (κ1) is 12.2. The highest BCUT2D eigenvalue weighted by Gasteiger charge is 2.26. The summed E-state index contributed by atoms with van der Waals surface area (Å²) < 4.78 is 1.69. The number of unbranched alkanes of at least 4 members (excludes halogenated alkanes) is 1. The van der Waals surface area contributed by atoms with Crippen LogP contribution in [0, 0.1) is 0 Å². The summed E-state index contributed by atoms with van der Waals surface area (Å²) in [6, 6.07) is -0.00903. The molecule has 1 aromatic rings. The molecule has 84 valence electrons. The summed E-state index contributed by atoms with van der Waals surface area (Å²) >= 11 is 0. The molecule has 15 heavy (non-hydrogen) atoms. The first-order valence-electron chi connectivity index (χ1n) is 5.22. The number of H-pyrrole nitrogens is 1. The maximum Gasteiger partial charge on any atom is 0.413 e. The van der Waals surface area contributed by atoms with Gasteiger partial charge in [0.25, 0.3) is 6.33 Å². The number of aromatic amines is 1. The Morgan fingerprint density at radius 2 is 2.40 bits per heavy atom. The van der Waals surface area contributed by atoms with E-state index in [0.29, 0.717) is 0 Å². The SMILES string of the molecule is CCCCc1[nH+]cn2c1CCNC2=O.[Br-]. The molecule has 1 aliphatic heterocycles. The number of rotatable bonds is 3. The molecule has 4 nitrogen and oxygen atoms in total. The Morgan fingerprint density at radius 1 is 1.60 bits per heavy atom. The normalized spacial score (nSPS) is 14.1. The van der Waals surface area contributed by atoms with E-state index in [4.69, 9.17) is 0 Å². The van der Waals surface area contributed by atoms with Crippen molar-refractivity contribution >= 4 is 6.03 Å². The lowest BCUT2D eigenvalue weighted by Crippen LogP contribution is -3.00. The Labute approximate surface area is 99.8 Å². The summed E-state index contributed by atoms with van der Waals surface area (Å²) in [7, 11) is 0. The molecule has 1 aliphatic rings. The number of hydrogen-bond acceptors (Lipinski definition) is 1. The molecule has 0 unspecified atom stereocenters. The van der Waals surface area contributed by atoms with E-state index in [0.717, 1.165) is 25.1 Å². The van der Waals surface area contributed by atoms with E-state index in [-0.39, 0.29) is 23.0 Å². The Kier molecular flexibility index (Phi) is 4.32. The highest BCUT2D eigenvalue weighted by molar-refractivity contribution is 5.78. The van der Waals surface area contributed by atoms with Crippen molar-refractivity contribution in [1.82, 2.24) is 9.88 Å². The van der Waals surface area contributed by atoms with Crippen molar-refractivity contribution in [2.75, 3.05) is 6.54 Å². The van der Waals surface area contributed by atoms with Crippen LogP contribution in [0.25, 0.3) is 0 Å². The molecule has 0 saturated heterocycles. The summed E-state index contributed by atoms with van der Waals surface area (Å²) in [5.41, 5.74) is 2.38. The maximum absolute atomic E-state index is 11.4. The quantitative estimate of drug-likeness (QED) is 0.666. The monoisotopic (exact) mass is 273 g/mol. The number of fused-ring (bicyclic) bond motifs is 1. The van der Waals surface area contributed by atoms with Gasteiger partial charge >= 0.3 is 6.03 Å². The van der Waals surface area contributed by atoms with Crippen LogP contribution < -0.4 is 27.3 Å². The topological polar surface area (TPSA) is 48.2 Å². The Hall–Kier alpha value is -0.840. The zero-order chi connectivity index (χ0) is 9.97. The summed E-state index contributed by atoms with van der Waals surface area (Å²) in [5, 5.41) is 2.81. The van der Waals surface area contributed by atoms with E-state index in [2.05, 4.69) is 17.2 Å². The second-order valence-corrected chi connectivity index (χ2v) is 3.65. The fourth-order valence-electron chi connectivity index (χ4n) is 1.84. The molecule has 1 aromatic heterocycles. The van der Waals surface area contributed by atoms with Crippen molar-refractivity contribution in [2.24, 2.45) is 0 Å². The molecule has 2 N–H and O–H groups in total. The molecule has 0 aliphatic carbocycles. The van der Waals surface area contributed by atoms with Gasteiger partial charge in [0.05, 0.1) is 0 Å². The highest BCUT2D eigenvalue weighted by Crippen LogP contribution is 2.10. The Balaban J connectivity index is 0.00000112. The molecular formula is C10H16BrN3O. The van der Waals surface area contributed by atoms with Crippen LogP contribution in [0.15, 0.2) is 6.33 Å². The smallest absolute Gasteiger partial charge is 0.413 e. The molecule has 1 amide bonds. The number of halogens is 1. The van der Waals surface area contributed by atoms with E-state index in [1.54, 1.807) is 10.9 Å². The van der Waals surface area contributed by atoms with Crippen molar-refractivity contribution in [3.8, 4) is 0 Å². The molecule has 0 aromatic carbocycles. The van der Waals surface area contributed by atoms with Crippen molar-refractivity contribution in [2.45, 2.75) is 32.6 Å². The number of aryl methyl sites for hydroxylation is 1. The van der Waals surface area contributed by atoms with Crippen molar-refractivity contribution < 1.29 is 26.8 Å². The minimum atomic E-state index is -0.00903. The fraction of sp³-hybridized carbons (Fsp3) is 0.600. The van der Waals surface area contributed by atoms with Gasteiger partial charge in [-0.25, -0.2) is 9.78 Å². The summed E-state index contributed by atoms with van der Waals surface area (Å²) in [5.74, 6) is 0. The molecule has 0 atom stereocenters. The van der Waals surface area contributed by atoms with Crippen molar-refractivity contribution in [1.29, 1.82) is 0 Å². The summed E-state index contributed by atoms with van der Waals surface area (Å²) in [6.45, 7) is 2.94. The molecule has 0 bridgehead atoms. The number of nitrogens with zero attached hydrogens (tertiary/aromatic N) is 1. The first-order chi connectivity index (χ1) is 6.83. The molecule has 5 heteroatoms. The lowest BCUT2D eigenvalue weighted by molar-refractivity contribution is -0.388. The lowest BCUT2D eigenvalue weighted by Gasteiger charge is -2.09. The van der Waals surface area contributed by atoms with Crippen LogP contribution in [0.2, 0.25) is 0 Å². The average molecular weight is 274 g/mol. The van der Waals surface area contributed by atoms with Crippen LogP contribution >= 0.6 is 0 Å². The van der Waals surface area contributed by atoms with Gasteiger partial charge in [-0.15, -0.1) is 4.57 Å². The summed E-state index contributed by atoms with van der Waals surface area (Å²) in [6.07, 6.45) is 6.11. The van der Waals surface area contributed by atoms with Crippen LogP contribution in [0.3, 0.4) is 0 Å². The van der Waals surface area contributed by atoms with Gasteiger partial charge in [0.1, 0.15) is 5.69 Å². The molecular weight excluding hydrogens is 258 g/mol. The fourth-order valence-corrected chi connectivity index (χ4v) is 1.84. The van der Waals surface area contributed by atoms with Crippen molar-refractivity contribution in [3.05, 3.63) is 17.7 Å². The van der Waals surface area contributed by atoms with Crippen LogP contribution in [0.1, 0.15) is 31.2 Å². The molecule has 0 fully saturated rings. The minimum Gasteiger partial charge on any atom is -1.00 e. The number of aromatic nitrogens is 2. The third-order valence-corrected chi connectivity index (χ3v) is 2.64. The predicted octanol–water partition coefficient (Wildman–Crippen LogP) is -2.24. The second kappa shape index (κ2) is 5.30. The first-order valence-corrected chi connectivity index (χ1v) is 5.22. The zero-order valence-electron chi connectivity index (χ0n) is 8.85. The molecule has 0 radical (unpaired) electrons. The van der Waals surface area contributed by atoms with Crippen LogP contribution in [-0.4, -0.2) is 17.1 Å². The molecule has 2 heterocycles. The number of imidazole rings is 1. The van der Waals surface area contributed by atoms with E-state index in [1.165, 1.54) is 18.5 Å². The van der Waals surface area contributed by atoms with Gasteiger partial charge in [0, 0.05) is 19.4 Å². The van der Waals surface area contributed by atoms with Gasteiger partial charge in [0.15, 0.2) is 5.69 Å². The van der Waals surface area contributed by atoms with Gasteiger partial charge in [0.2, 0.25) is 0 Å². The van der Waals surface area contributed by atoms with Crippen LogP contribution in [0.4, 0.5) is 4.79 Å². The predicted molar refractivity (Wildman–Crippen MR) is 52.1 cm³/mol. The number of hydrogen-bond donors (Lipinski definition) is 1. The second-order valence-electron chi connectivity index (χ2n) is 3.65. The van der Waals surface area contributed by atoms with E-state index in [9.17, 15) is 4.79 Å². The van der Waals surface area contributed by atoms with Gasteiger partial charge in [-0.2, -0.15) is 0 Å². The largest absolute Gasteiger partial charge is 1.00 e. The van der Waals surface area contributed by atoms with Crippen LogP contribution in [0.5, 0.6) is 0 Å². The Morgan fingerprint density at radius 3 is 3.13 bits per heavy atom. The van der Waals surface area contributed by atoms with Gasteiger partial charge in [-0.3, -0.25) is 0 Å². The summed E-state index contributed by atoms with van der Waals surface area (Å²) in [4.78, 5) is 14.6. The van der Waals surface area contributed by atoms with Gasteiger partial charge < -0.3 is 22.3 Å². The minimum absolute atomic E-state index is 0. The lowest BCUT2D eigenvalue weighted by atomic mass is 10.1. The van der Waals surface area contributed by atoms with Gasteiger partial charge in [-0.05, 0) is 6.42 Å². The molecule has 2 rings (SSSR count).